The first-order valence-corrected chi connectivity index (χ1v) is 11.6. The van der Waals surface area contributed by atoms with Crippen LogP contribution in [-0.4, -0.2) is 39.3 Å². The van der Waals surface area contributed by atoms with Crippen molar-refractivity contribution in [1.29, 1.82) is 0 Å². The Kier molecular flexibility index (Phi) is 6.94. The molecule has 11 heteroatoms. The number of carbonyl (C=O) groups is 3. The van der Waals surface area contributed by atoms with Gasteiger partial charge in [0.25, 0.3) is 5.56 Å². The van der Waals surface area contributed by atoms with E-state index in [0.717, 1.165) is 16.0 Å². The van der Waals surface area contributed by atoms with Gasteiger partial charge in [-0.2, -0.15) is 5.10 Å². The topological polar surface area (TPSA) is 128 Å². The van der Waals surface area contributed by atoms with Crippen molar-refractivity contribution in [2.24, 2.45) is 0 Å². The van der Waals surface area contributed by atoms with E-state index in [2.05, 4.69) is 10.4 Å². The molecule has 0 spiro atoms. The number of esters is 1. The second kappa shape index (κ2) is 10.1. The maximum Gasteiger partial charge on any atom is 0.357 e. The van der Waals surface area contributed by atoms with Crippen molar-refractivity contribution in [3.05, 3.63) is 80.5 Å². The number of hydrogen-bond donors (Lipinski definition) is 2. The number of anilines is 1. The summed E-state index contributed by atoms with van der Waals surface area (Å²) in [7, 11) is 0. The van der Waals surface area contributed by atoms with E-state index >= 15 is 0 Å². The number of ether oxygens (including phenoxy) is 1. The van der Waals surface area contributed by atoms with Crippen molar-refractivity contribution >= 4 is 56.6 Å². The molecule has 0 bridgehead atoms. The number of nitrogens with zero attached hydrogens (tertiary/aromatic N) is 2. The molecule has 0 radical (unpaired) electrons. The van der Waals surface area contributed by atoms with Crippen LogP contribution in [0.15, 0.2) is 58.7 Å². The van der Waals surface area contributed by atoms with E-state index < -0.39 is 29.9 Å². The summed E-state index contributed by atoms with van der Waals surface area (Å²) in [4.78, 5) is 50.1. The molecule has 0 aliphatic carbocycles. The van der Waals surface area contributed by atoms with Gasteiger partial charge in [0.1, 0.15) is 17.1 Å². The molecular formula is C24H18ClN3O6S. The fourth-order valence-corrected chi connectivity index (χ4v) is 4.74. The number of carbonyl (C=O) groups excluding carboxylic acids is 2. The summed E-state index contributed by atoms with van der Waals surface area (Å²) in [6, 6.07) is 13.1. The summed E-state index contributed by atoms with van der Waals surface area (Å²) in [6.07, 6.45) is 0. The highest BCUT2D eigenvalue weighted by molar-refractivity contribution is 7.15. The summed E-state index contributed by atoms with van der Waals surface area (Å²) >= 11 is 7.41. The molecule has 2 aromatic heterocycles. The second-order valence-electron chi connectivity index (χ2n) is 7.26. The number of thiophene rings is 1. The fraction of sp³-hybridized carbons (Fsp3) is 0.125. The van der Waals surface area contributed by atoms with E-state index in [4.69, 9.17) is 16.3 Å². The molecular weight excluding hydrogens is 494 g/mol. The SMILES string of the molecule is CCOC(=O)c1c(-c2ccccc2Cl)csc1NC(=O)Cn1nc(C(=O)O)c2ccccc2c1=O. The number of hydrogen-bond acceptors (Lipinski definition) is 7. The lowest BCUT2D eigenvalue weighted by Crippen LogP contribution is -2.31. The zero-order valence-corrected chi connectivity index (χ0v) is 19.9. The molecule has 35 heavy (non-hydrogen) atoms. The number of amides is 1. The van der Waals surface area contributed by atoms with E-state index in [1.54, 1.807) is 48.7 Å². The number of aromatic nitrogens is 2. The van der Waals surface area contributed by atoms with Gasteiger partial charge < -0.3 is 15.2 Å². The summed E-state index contributed by atoms with van der Waals surface area (Å²) in [6.45, 7) is 1.22. The van der Waals surface area contributed by atoms with Gasteiger partial charge in [0.15, 0.2) is 5.69 Å². The van der Waals surface area contributed by atoms with Gasteiger partial charge in [-0.25, -0.2) is 14.3 Å². The number of carboxylic acids is 1. The van der Waals surface area contributed by atoms with E-state index in [9.17, 15) is 24.3 Å². The molecule has 0 saturated carbocycles. The Hall–Kier alpha value is -4.02. The minimum atomic E-state index is -1.33. The van der Waals surface area contributed by atoms with Crippen molar-refractivity contribution in [2.45, 2.75) is 13.5 Å². The monoisotopic (exact) mass is 511 g/mol. The molecule has 4 aromatic rings. The minimum Gasteiger partial charge on any atom is -0.476 e. The zero-order chi connectivity index (χ0) is 25.1. The molecule has 0 fully saturated rings. The Labute approximate surface area is 207 Å². The van der Waals surface area contributed by atoms with Gasteiger partial charge in [0.2, 0.25) is 5.91 Å². The van der Waals surface area contributed by atoms with Crippen LogP contribution in [0.2, 0.25) is 5.02 Å². The van der Waals surface area contributed by atoms with Gasteiger partial charge in [-0.05, 0) is 19.1 Å². The van der Waals surface area contributed by atoms with E-state index in [-0.39, 0.29) is 33.6 Å². The minimum absolute atomic E-state index is 0.122. The molecule has 0 saturated heterocycles. The highest BCUT2D eigenvalue weighted by Gasteiger charge is 2.24. The number of benzene rings is 2. The number of fused-ring (bicyclic) bond motifs is 1. The molecule has 4 rings (SSSR count). The van der Waals surface area contributed by atoms with Gasteiger partial charge >= 0.3 is 11.9 Å². The predicted octanol–water partition coefficient (Wildman–Crippen LogP) is 4.29. The molecule has 2 N–H and O–H groups in total. The average molecular weight is 512 g/mol. The third-order valence-corrected chi connectivity index (χ3v) is 6.28. The lowest BCUT2D eigenvalue weighted by atomic mass is 10.0. The smallest absolute Gasteiger partial charge is 0.357 e. The maximum atomic E-state index is 12.9. The third kappa shape index (κ3) is 4.79. The number of nitrogens with one attached hydrogen (secondary N) is 1. The summed E-state index contributed by atoms with van der Waals surface area (Å²) < 4.78 is 5.96. The molecule has 0 aliphatic rings. The van der Waals surface area contributed by atoms with Crippen LogP contribution in [0.25, 0.3) is 21.9 Å². The van der Waals surface area contributed by atoms with Crippen LogP contribution in [0.4, 0.5) is 5.00 Å². The highest BCUT2D eigenvalue weighted by atomic mass is 35.5. The van der Waals surface area contributed by atoms with Crippen LogP contribution >= 0.6 is 22.9 Å². The first-order chi connectivity index (χ1) is 16.8. The molecule has 2 aromatic carbocycles. The molecule has 178 valence electrons. The molecule has 2 heterocycles. The van der Waals surface area contributed by atoms with Crippen LogP contribution in [0.5, 0.6) is 0 Å². The van der Waals surface area contributed by atoms with Crippen LogP contribution < -0.4 is 10.9 Å². The highest BCUT2D eigenvalue weighted by Crippen LogP contribution is 2.39. The Morgan fingerprint density at radius 1 is 1.09 bits per heavy atom. The first-order valence-electron chi connectivity index (χ1n) is 10.4. The standard InChI is InChI=1S/C24H18ClN3O6S/c1-2-34-24(33)19-16(13-7-5-6-10-17(13)25)12-35-21(19)26-18(29)11-28-22(30)15-9-4-3-8-14(15)20(27-28)23(31)32/h3-10,12H,2,11H2,1H3,(H,26,29)(H,31,32). The van der Waals surface area contributed by atoms with Gasteiger partial charge in [0, 0.05) is 26.9 Å². The number of halogens is 1. The van der Waals surface area contributed by atoms with Gasteiger partial charge in [-0.1, -0.05) is 48.0 Å². The summed E-state index contributed by atoms with van der Waals surface area (Å²) in [5.41, 5.74) is 0.242. The average Bonchev–Trinajstić information content (AvgIpc) is 3.24. The Morgan fingerprint density at radius 2 is 1.77 bits per heavy atom. The molecule has 0 atom stereocenters. The predicted molar refractivity (Wildman–Crippen MR) is 132 cm³/mol. The lowest BCUT2D eigenvalue weighted by Gasteiger charge is -2.11. The summed E-state index contributed by atoms with van der Waals surface area (Å²) in [5.74, 6) is -2.65. The number of rotatable bonds is 7. The van der Waals surface area contributed by atoms with Crippen molar-refractivity contribution in [1.82, 2.24) is 9.78 Å². The van der Waals surface area contributed by atoms with E-state index in [1.165, 1.54) is 12.1 Å². The molecule has 0 unspecified atom stereocenters. The van der Waals surface area contributed by atoms with Crippen LogP contribution in [0.1, 0.15) is 27.8 Å². The zero-order valence-electron chi connectivity index (χ0n) is 18.3. The third-order valence-electron chi connectivity index (χ3n) is 5.05. The van der Waals surface area contributed by atoms with Gasteiger partial charge in [-0.3, -0.25) is 9.59 Å². The van der Waals surface area contributed by atoms with Crippen LogP contribution in [0, 0.1) is 0 Å². The summed E-state index contributed by atoms with van der Waals surface area (Å²) in [5, 5.41) is 18.6. The number of carboxylic acid groups (broad SMARTS) is 1. The second-order valence-corrected chi connectivity index (χ2v) is 8.55. The van der Waals surface area contributed by atoms with Crippen molar-refractivity contribution in [3.8, 4) is 11.1 Å². The van der Waals surface area contributed by atoms with E-state index in [0.29, 0.717) is 16.1 Å². The van der Waals surface area contributed by atoms with E-state index in [1.807, 2.05) is 0 Å². The largest absolute Gasteiger partial charge is 0.476 e. The Morgan fingerprint density at radius 3 is 2.46 bits per heavy atom. The van der Waals surface area contributed by atoms with Gasteiger partial charge in [0.05, 0.1) is 12.0 Å². The van der Waals surface area contributed by atoms with Crippen molar-refractivity contribution in [2.75, 3.05) is 11.9 Å². The number of aromatic carboxylic acids is 1. The Balaban J connectivity index is 1.70. The van der Waals surface area contributed by atoms with Crippen LogP contribution in [-0.2, 0) is 16.1 Å². The molecule has 9 nitrogen and oxygen atoms in total. The first kappa shape index (κ1) is 24.1. The quantitative estimate of drug-likeness (QED) is 0.354. The Bertz CT molecular complexity index is 1530. The fourth-order valence-electron chi connectivity index (χ4n) is 3.54. The van der Waals surface area contributed by atoms with Crippen LogP contribution in [0.3, 0.4) is 0 Å². The van der Waals surface area contributed by atoms with Gasteiger partial charge in [-0.15, -0.1) is 11.3 Å². The normalized spacial score (nSPS) is 10.8. The lowest BCUT2D eigenvalue weighted by molar-refractivity contribution is -0.117. The maximum absolute atomic E-state index is 12.9. The van der Waals surface area contributed by atoms with Crippen molar-refractivity contribution < 1.29 is 24.2 Å². The van der Waals surface area contributed by atoms with Crippen molar-refractivity contribution in [3.63, 3.8) is 0 Å². The molecule has 1 amide bonds. The molecule has 0 aliphatic heterocycles.